The van der Waals surface area contributed by atoms with E-state index in [1.54, 1.807) is 24.2 Å². The van der Waals surface area contributed by atoms with E-state index in [2.05, 4.69) is 117 Å². The molecule has 0 fully saturated rings. The Morgan fingerprint density at radius 3 is 2.09 bits per heavy atom. The van der Waals surface area contributed by atoms with Crippen molar-refractivity contribution in [2.45, 2.75) is 74.1 Å². The fourth-order valence-electron chi connectivity index (χ4n) is 4.67. The minimum atomic E-state index is -0.148. The van der Waals surface area contributed by atoms with E-state index in [9.17, 15) is 0 Å². The van der Waals surface area contributed by atoms with Crippen LogP contribution in [0.3, 0.4) is 0 Å². The molecular weight excluding hydrogens is 522 g/mol. The molecule has 0 heterocycles. The molecule has 3 heteroatoms. The van der Waals surface area contributed by atoms with Crippen LogP contribution < -0.4 is 10.4 Å². The van der Waals surface area contributed by atoms with Gasteiger partial charge in [0.1, 0.15) is 0 Å². The monoisotopic (exact) mass is 559 g/mol. The van der Waals surface area contributed by atoms with E-state index in [-0.39, 0.29) is 41.1 Å². The van der Waals surface area contributed by atoms with E-state index in [0.29, 0.717) is 0 Å². The van der Waals surface area contributed by atoms with Crippen molar-refractivity contribution in [3.8, 4) is 0 Å². The smallest absolute Gasteiger partial charge is 0.147 e. The van der Waals surface area contributed by atoms with Crippen molar-refractivity contribution in [2.24, 2.45) is 10.8 Å². The zero-order valence-electron chi connectivity index (χ0n) is 21.6. The van der Waals surface area contributed by atoms with Crippen LogP contribution in [-0.2, 0) is 29.7 Å². The molecule has 0 nitrogen and oxygen atoms in total. The third kappa shape index (κ3) is 6.09. The van der Waals surface area contributed by atoms with Gasteiger partial charge >= 0.3 is 41.3 Å². The van der Waals surface area contributed by atoms with Gasteiger partial charge < -0.3 is 0 Å². The largest absolute Gasteiger partial charge is 0.147 e. The molecule has 0 bridgehead atoms. The van der Waals surface area contributed by atoms with Crippen molar-refractivity contribution < 1.29 is 24.2 Å². The topological polar surface area (TPSA) is 0 Å². The van der Waals surface area contributed by atoms with E-state index < -0.39 is 0 Å². The van der Waals surface area contributed by atoms with Crippen LogP contribution in [0.1, 0.15) is 74.3 Å². The Kier molecular flexibility index (Phi) is 9.99. The minimum absolute atomic E-state index is 0. The van der Waals surface area contributed by atoms with Gasteiger partial charge in [-0.1, -0.05) is 99.6 Å². The zero-order valence-corrected chi connectivity index (χ0v) is 25.7. The van der Waals surface area contributed by atoms with E-state index in [1.807, 2.05) is 0 Å². The van der Waals surface area contributed by atoms with Gasteiger partial charge in [-0.25, -0.2) is 0 Å². The van der Waals surface area contributed by atoms with Crippen LogP contribution >= 0.6 is 24.8 Å². The van der Waals surface area contributed by atoms with Crippen molar-refractivity contribution in [1.82, 2.24) is 0 Å². The normalized spacial score (nSPS) is 20.5. The average Bonchev–Trinajstić information content (AvgIpc) is 3.21. The maximum atomic E-state index is 3.99. The standard InChI is InChI=1S/C27H31.C3H6.2ClH.Zr/c1-18-9-8-10-24(18)27(26(5,6)7)14-13-23-20(17-27)15-19-16-21(25(2,3)4)11-12-22(19)23;1-3-2;;;/h8-9,11-16H,10H2,1-7H3;1-2H3;2*1H;/q-1;;;;. The number of hydrogen-bond acceptors (Lipinski definition) is 0. The molecule has 0 saturated carbocycles. The van der Waals surface area contributed by atoms with Crippen molar-refractivity contribution in [3.05, 3.63) is 81.3 Å². The molecule has 3 aliphatic carbocycles. The van der Waals surface area contributed by atoms with E-state index in [1.165, 1.54) is 41.5 Å². The maximum Gasteiger partial charge on any atom is -0.147 e. The number of hydrogen-bond donors (Lipinski definition) is 0. The molecule has 178 valence electrons. The Bertz CT molecular complexity index is 1160. The Hall–Kier alpha value is -0.747. The molecule has 1 unspecified atom stereocenters. The van der Waals surface area contributed by atoms with Crippen LogP contribution in [0.4, 0.5) is 0 Å². The quantitative estimate of drug-likeness (QED) is 0.320. The SMILES string of the molecule is CC1=C(C2(C(C)(C)C)[C-]=C3C=c4cc(C(C)(C)C)ccc4=C3C=C2)CC=C1.C[C](C)=[Zr].Cl.Cl. The third-order valence-corrected chi connectivity index (χ3v) is 6.45. The van der Waals surface area contributed by atoms with E-state index in [0.717, 1.165) is 6.42 Å². The average molecular weight is 562 g/mol. The summed E-state index contributed by atoms with van der Waals surface area (Å²) in [5.41, 5.74) is 6.97. The van der Waals surface area contributed by atoms with E-state index >= 15 is 0 Å². The summed E-state index contributed by atoms with van der Waals surface area (Å²) in [7, 11) is 0. The van der Waals surface area contributed by atoms with Crippen LogP contribution in [0.5, 0.6) is 0 Å². The van der Waals surface area contributed by atoms with Gasteiger partial charge in [-0.05, 0) is 35.2 Å². The first-order chi connectivity index (χ1) is 14.3. The molecule has 0 aliphatic heterocycles. The van der Waals surface area contributed by atoms with Crippen molar-refractivity contribution >= 4 is 39.7 Å². The van der Waals surface area contributed by atoms with Crippen LogP contribution in [-0.4, -0.2) is 3.21 Å². The van der Waals surface area contributed by atoms with Crippen LogP contribution in [0, 0.1) is 16.9 Å². The predicted octanol–water partition coefficient (Wildman–Crippen LogP) is 7.13. The zero-order chi connectivity index (χ0) is 23.2. The summed E-state index contributed by atoms with van der Waals surface area (Å²) in [5.74, 6) is 0. The van der Waals surface area contributed by atoms with Gasteiger partial charge in [0, 0.05) is 0 Å². The van der Waals surface area contributed by atoms with Gasteiger partial charge in [0.2, 0.25) is 0 Å². The summed E-state index contributed by atoms with van der Waals surface area (Å²) >= 11 is 1.55. The Morgan fingerprint density at radius 2 is 1.61 bits per heavy atom. The van der Waals surface area contributed by atoms with Gasteiger partial charge in [-0.3, -0.25) is 0 Å². The van der Waals surface area contributed by atoms with Gasteiger partial charge in [0.15, 0.2) is 0 Å². The first kappa shape index (κ1) is 30.3. The fourth-order valence-corrected chi connectivity index (χ4v) is 4.67. The number of allylic oxidation sites excluding steroid dienone is 8. The van der Waals surface area contributed by atoms with Crippen molar-refractivity contribution in [2.75, 3.05) is 0 Å². The fraction of sp³-hybridized carbons (Fsp3) is 0.433. The first-order valence-electron chi connectivity index (χ1n) is 11.4. The summed E-state index contributed by atoms with van der Waals surface area (Å²) in [6.07, 6.45) is 16.7. The van der Waals surface area contributed by atoms with Gasteiger partial charge in [-0.2, -0.15) is 17.7 Å². The third-order valence-electron chi connectivity index (χ3n) is 6.45. The van der Waals surface area contributed by atoms with Crippen LogP contribution in [0.15, 0.2) is 59.2 Å². The summed E-state index contributed by atoms with van der Waals surface area (Å²) in [6, 6.07) is 6.95. The molecular formula is C30H39Cl2Zr-. The number of benzene rings is 1. The molecule has 4 rings (SSSR count). The van der Waals surface area contributed by atoms with Gasteiger partial charge in [0.05, 0.1) is 0 Å². The Balaban J connectivity index is 0.000000842. The number of rotatable bonds is 1. The predicted molar refractivity (Wildman–Crippen MR) is 147 cm³/mol. The van der Waals surface area contributed by atoms with Crippen molar-refractivity contribution in [3.63, 3.8) is 0 Å². The second kappa shape index (κ2) is 10.9. The summed E-state index contributed by atoms with van der Waals surface area (Å²) in [4.78, 5) is 0. The molecule has 33 heavy (non-hydrogen) atoms. The second-order valence-electron chi connectivity index (χ2n) is 11.3. The summed E-state index contributed by atoms with van der Waals surface area (Å²) in [6.45, 7) is 20.4. The first-order valence-corrected chi connectivity index (χ1v) is 12.6. The Morgan fingerprint density at radius 1 is 1.00 bits per heavy atom. The molecule has 0 N–H and O–H groups in total. The Labute approximate surface area is 228 Å². The summed E-state index contributed by atoms with van der Waals surface area (Å²) in [5, 5.41) is 2.68. The van der Waals surface area contributed by atoms with Gasteiger partial charge in [0.25, 0.3) is 0 Å². The molecule has 0 radical (unpaired) electrons. The number of halogens is 2. The summed E-state index contributed by atoms with van der Waals surface area (Å²) < 4.78 is 1.51. The maximum absolute atomic E-state index is 3.99. The molecule has 1 aromatic carbocycles. The number of fused-ring (bicyclic) bond motifs is 2. The van der Waals surface area contributed by atoms with Crippen LogP contribution in [0.2, 0.25) is 0 Å². The minimum Gasteiger partial charge on any atom is -0.147 e. The molecule has 0 amide bonds. The second-order valence-corrected chi connectivity index (χ2v) is 13.8. The van der Waals surface area contributed by atoms with Gasteiger partial charge in [-0.15, -0.1) is 36.5 Å². The molecule has 1 aromatic rings. The molecule has 0 aromatic heterocycles. The molecule has 3 aliphatic rings. The molecule has 1 atom stereocenters. The van der Waals surface area contributed by atoms with Crippen molar-refractivity contribution in [1.29, 1.82) is 0 Å². The van der Waals surface area contributed by atoms with Crippen LogP contribution in [0.25, 0.3) is 11.6 Å². The van der Waals surface area contributed by atoms with E-state index in [4.69, 9.17) is 0 Å². The molecule has 0 saturated heterocycles. The molecule has 0 spiro atoms.